The van der Waals surface area contributed by atoms with Crippen LogP contribution in [-0.4, -0.2) is 20.8 Å². The van der Waals surface area contributed by atoms with Gasteiger partial charge in [-0.25, -0.2) is 0 Å². The van der Waals surface area contributed by atoms with Crippen molar-refractivity contribution in [1.29, 1.82) is 0 Å². The third-order valence-electron chi connectivity index (χ3n) is 4.55. The van der Waals surface area contributed by atoms with Gasteiger partial charge in [0.25, 0.3) is 0 Å². The van der Waals surface area contributed by atoms with E-state index < -0.39 is 0 Å². The minimum atomic E-state index is 0.789. The minimum absolute atomic E-state index is 0.789. The van der Waals surface area contributed by atoms with E-state index in [1.165, 1.54) is 37.7 Å². The van der Waals surface area contributed by atoms with Crippen molar-refractivity contribution in [2.75, 3.05) is 20.8 Å². The fourth-order valence-electron chi connectivity index (χ4n) is 3.35. The van der Waals surface area contributed by atoms with E-state index in [2.05, 4.69) is 24.4 Å². The Morgan fingerprint density at radius 2 is 1.95 bits per heavy atom. The molecule has 0 spiro atoms. The molecule has 2 atom stereocenters. The predicted molar refractivity (Wildman–Crippen MR) is 87.0 cm³/mol. The Bertz CT molecular complexity index is 433. The van der Waals surface area contributed by atoms with Gasteiger partial charge in [-0.3, -0.25) is 0 Å². The highest BCUT2D eigenvalue weighted by Gasteiger charge is 2.18. The first kappa shape index (κ1) is 16.2. The highest BCUT2D eigenvalue weighted by atomic mass is 16.5. The van der Waals surface area contributed by atoms with Crippen molar-refractivity contribution < 1.29 is 9.47 Å². The molecule has 0 aromatic heterocycles. The van der Waals surface area contributed by atoms with Gasteiger partial charge in [-0.15, -0.1) is 0 Å². The number of ether oxygens (including phenoxy) is 2. The molecule has 2 unspecified atom stereocenters. The lowest BCUT2D eigenvalue weighted by molar-refractivity contribution is 0.267. The van der Waals surface area contributed by atoms with Crippen molar-refractivity contribution in [2.24, 2.45) is 11.8 Å². The Morgan fingerprint density at radius 1 is 1.14 bits per heavy atom. The van der Waals surface area contributed by atoms with Crippen molar-refractivity contribution >= 4 is 0 Å². The van der Waals surface area contributed by atoms with E-state index in [4.69, 9.17) is 9.47 Å². The van der Waals surface area contributed by atoms with Crippen molar-refractivity contribution in [3.63, 3.8) is 0 Å². The van der Waals surface area contributed by atoms with Gasteiger partial charge in [-0.05, 0) is 48.9 Å². The smallest absolute Gasteiger partial charge is 0.161 e. The molecule has 0 amide bonds. The summed E-state index contributed by atoms with van der Waals surface area (Å²) in [4.78, 5) is 0. The summed E-state index contributed by atoms with van der Waals surface area (Å²) in [5, 5.41) is 3.56. The third-order valence-corrected chi connectivity index (χ3v) is 4.55. The maximum atomic E-state index is 5.34. The molecule has 0 heterocycles. The van der Waals surface area contributed by atoms with Gasteiger partial charge in [0.05, 0.1) is 14.2 Å². The van der Waals surface area contributed by atoms with Gasteiger partial charge in [0, 0.05) is 6.54 Å². The van der Waals surface area contributed by atoms with Crippen molar-refractivity contribution in [1.82, 2.24) is 5.32 Å². The van der Waals surface area contributed by atoms with Gasteiger partial charge in [0.2, 0.25) is 0 Å². The summed E-state index contributed by atoms with van der Waals surface area (Å²) >= 11 is 0. The fraction of sp³-hybridized carbons (Fsp3) is 0.667. The molecule has 1 fully saturated rings. The second-order valence-electron chi connectivity index (χ2n) is 6.29. The second-order valence-corrected chi connectivity index (χ2v) is 6.29. The Hall–Kier alpha value is -1.22. The van der Waals surface area contributed by atoms with E-state index in [9.17, 15) is 0 Å². The van der Waals surface area contributed by atoms with E-state index in [0.29, 0.717) is 0 Å². The van der Waals surface area contributed by atoms with Gasteiger partial charge in [0.15, 0.2) is 11.5 Å². The first-order valence-corrected chi connectivity index (χ1v) is 8.14. The Labute approximate surface area is 129 Å². The van der Waals surface area contributed by atoms with Gasteiger partial charge >= 0.3 is 0 Å². The normalized spacial score (nSPS) is 22.0. The lowest BCUT2D eigenvalue weighted by Gasteiger charge is -2.26. The highest BCUT2D eigenvalue weighted by molar-refractivity contribution is 5.42. The molecule has 1 aliphatic carbocycles. The van der Waals surface area contributed by atoms with Crippen LogP contribution in [0.5, 0.6) is 11.5 Å². The van der Waals surface area contributed by atoms with Crippen LogP contribution < -0.4 is 14.8 Å². The summed E-state index contributed by atoms with van der Waals surface area (Å²) < 4.78 is 10.6. The van der Waals surface area contributed by atoms with E-state index in [1.54, 1.807) is 14.2 Å². The van der Waals surface area contributed by atoms with Crippen molar-refractivity contribution in [3.8, 4) is 11.5 Å². The molecule has 1 N–H and O–H groups in total. The van der Waals surface area contributed by atoms with Crippen LogP contribution in [0.2, 0.25) is 0 Å². The zero-order chi connectivity index (χ0) is 15.1. The van der Waals surface area contributed by atoms with Crippen LogP contribution in [0.1, 0.15) is 44.6 Å². The van der Waals surface area contributed by atoms with Crippen molar-refractivity contribution in [2.45, 2.75) is 45.6 Å². The molecular formula is C18H29NO2. The quantitative estimate of drug-likeness (QED) is 0.770. The molecule has 3 heteroatoms. The molecule has 21 heavy (non-hydrogen) atoms. The van der Waals surface area contributed by atoms with Crippen LogP contribution in [-0.2, 0) is 6.54 Å². The van der Waals surface area contributed by atoms with Gasteiger partial charge in [-0.1, -0.05) is 32.3 Å². The molecule has 1 aromatic rings. The molecule has 1 aliphatic rings. The van der Waals surface area contributed by atoms with Crippen LogP contribution in [0.3, 0.4) is 0 Å². The van der Waals surface area contributed by atoms with Crippen LogP contribution in [0, 0.1) is 11.8 Å². The first-order chi connectivity index (χ1) is 10.2. The summed E-state index contributed by atoms with van der Waals surface area (Å²) in [5.41, 5.74) is 1.24. The topological polar surface area (TPSA) is 30.5 Å². The molecular weight excluding hydrogens is 262 g/mol. The summed E-state index contributed by atoms with van der Waals surface area (Å²) in [6, 6.07) is 6.12. The number of nitrogens with one attached hydrogen (secondary N) is 1. The molecule has 118 valence electrons. The van der Waals surface area contributed by atoms with Crippen molar-refractivity contribution in [3.05, 3.63) is 23.8 Å². The largest absolute Gasteiger partial charge is 0.493 e. The average Bonchev–Trinajstić information content (AvgIpc) is 2.51. The second kappa shape index (κ2) is 8.28. The zero-order valence-electron chi connectivity index (χ0n) is 13.7. The monoisotopic (exact) mass is 291 g/mol. The fourth-order valence-corrected chi connectivity index (χ4v) is 3.35. The van der Waals surface area contributed by atoms with E-state index in [0.717, 1.165) is 36.4 Å². The zero-order valence-corrected chi connectivity index (χ0v) is 13.7. The molecule has 0 radical (unpaired) electrons. The van der Waals surface area contributed by atoms with E-state index in [-0.39, 0.29) is 0 Å². The lowest BCUT2D eigenvalue weighted by Crippen LogP contribution is -2.21. The van der Waals surface area contributed by atoms with Gasteiger partial charge in [-0.2, -0.15) is 0 Å². The Morgan fingerprint density at radius 3 is 2.67 bits per heavy atom. The SMILES string of the molecule is COc1ccc(CNCCC2CCCC(C)C2)cc1OC. The molecule has 0 aliphatic heterocycles. The number of rotatable bonds is 7. The number of benzene rings is 1. The molecule has 1 saturated carbocycles. The number of methoxy groups -OCH3 is 2. The maximum absolute atomic E-state index is 5.34. The minimum Gasteiger partial charge on any atom is -0.493 e. The predicted octanol–water partition coefficient (Wildman–Crippen LogP) is 4.01. The van der Waals surface area contributed by atoms with Crippen LogP contribution in [0.15, 0.2) is 18.2 Å². The van der Waals surface area contributed by atoms with Crippen LogP contribution >= 0.6 is 0 Å². The molecule has 2 rings (SSSR count). The third kappa shape index (κ3) is 4.92. The summed E-state index contributed by atoms with van der Waals surface area (Å²) in [7, 11) is 3.35. The average molecular weight is 291 g/mol. The lowest BCUT2D eigenvalue weighted by atomic mass is 9.81. The summed E-state index contributed by atoms with van der Waals surface area (Å²) in [6.45, 7) is 4.39. The molecule has 0 saturated heterocycles. The molecule has 0 bridgehead atoms. The summed E-state index contributed by atoms with van der Waals surface area (Å²) in [6.07, 6.45) is 6.98. The highest BCUT2D eigenvalue weighted by Crippen LogP contribution is 2.30. The van der Waals surface area contributed by atoms with Gasteiger partial charge < -0.3 is 14.8 Å². The maximum Gasteiger partial charge on any atom is 0.161 e. The Balaban J connectivity index is 1.73. The first-order valence-electron chi connectivity index (χ1n) is 8.14. The van der Waals surface area contributed by atoms with Crippen LogP contribution in [0.4, 0.5) is 0 Å². The van der Waals surface area contributed by atoms with E-state index in [1.807, 2.05) is 6.07 Å². The number of hydrogen-bond acceptors (Lipinski definition) is 3. The van der Waals surface area contributed by atoms with E-state index >= 15 is 0 Å². The molecule has 1 aromatic carbocycles. The number of hydrogen-bond donors (Lipinski definition) is 1. The molecule has 3 nitrogen and oxygen atoms in total. The standard InChI is InChI=1S/C18H29NO2/c1-14-5-4-6-15(11-14)9-10-19-13-16-7-8-17(20-2)18(12-16)21-3/h7-8,12,14-15,19H,4-6,9-11,13H2,1-3H3. The van der Waals surface area contributed by atoms with Crippen LogP contribution in [0.25, 0.3) is 0 Å². The summed E-state index contributed by atoms with van der Waals surface area (Å²) in [5.74, 6) is 3.44. The Kier molecular flexibility index (Phi) is 6.37. The van der Waals surface area contributed by atoms with Gasteiger partial charge in [0.1, 0.15) is 0 Å².